The van der Waals surface area contributed by atoms with Gasteiger partial charge in [-0.3, -0.25) is 0 Å². The van der Waals surface area contributed by atoms with Crippen LogP contribution >= 0.6 is 0 Å². The highest BCUT2D eigenvalue weighted by Gasteiger charge is 2.24. The molecule has 4 nitrogen and oxygen atoms in total. The molecule has 0 aliphatic heterocycles. The summed E-state index contributed by atoms with van der Waals surface area (Å²) in [6, 6.07) is 2.96. The molecule has 0 spiro atoms. The Balaban J connectivity index is 2.50. The van der Waals surface area contributed by atoms with E-state index in [0.29, 0.717) is 5.56 Å². The molecule has 0 fully saturated rings. The van der Waals surface area contributed by atoms with Gasteiger partial charge in [0.2, 0.25) is 0 Å². The summed E-state index contributed by atoms with van der Waals surface area (Å²) in [5.41, 5.74) is 2.02. The standard InChI is InChI=1S/C12H14O4/c13-10-6-5-9(11(14)12(15)16)7-3-1-2-4-8(7)10/h5-6,11,13-14H,1-4H2,(H,15,16). The zero-order valence-electron chi connectivity index (χ0n) is 8.81. The number of carboxylic acid groups (broad SMARTS) is 1. The monoisotopic (exact) mass is 222 g/mol. The fourth-order valence-corrected chi connectivity index (χ4v) is 2.27. The number of hydrogen-bond donors (Lipinski definition) is 3. The predicted molar refractivity (Wildman–Crippen MR) is 57.3 cm³/mol. The molecular formula is C12H14O4. The minimum atomic E-state index is -1.49. The van der Waals surface area contributed by atoms with Crippen LogP contribution in [-0.2, 0) is 17.6 Å². The quantitative estimate of drug-likeness (QED) is 0.706. The highest BCUT2D eigenvalue weighted by molar-refractivity contribution is 5.75. The molecule has 4 heteroatoms. The molecule has 1 aliphatic rings. The molecule has 1 aromatic rings. The van der Waals surface area contributed by atoms with Crippen molar-refractivity contribution in [3.05, 3.63) is 28.8 Å². The lowest BCUT2D eigenvalue weighted by atomic mass is 9.86. The van der Waals surface area contributed by atoms with Gasteiger partial charge < -0.3 is 15.3 Å². The Labute approximate surface area is 93.2 Å². The molecular weight excluding hydrogens is 208 g/mol. The summed E-state index contributed by atoms with van der Waals surface area (Å²) < 4.78 is 0. The van der Waals surface area contributed by atoms with Crippen molar-refractivity contribution < 1.29 is 20.1 Å². The number of benzene rings is 1. The number of hydrogen-bond acceptors (Lipinski definition) is 3. The van der Waals surface area contributed by atoms with E-state index in [1.54, 1.807) is 0 Å². The lowest BCUT2D eigenvalue weighted by Gasteiger charge is -2.21. The Morgan fingerprint density at radius 1 is 1.19 bits per heavy atom. The van der Waals surface area contributed by atoms with Crippen molar-refractivity contribution in [2.75, 3.05) is 0 Å². The van der Waals surface area contributed by atoms with Crippen LogP contribution in [0.5, 0.6) is 5.75 Å². The van der Waals surface area contributed by atoms with Gasteiger partial charge in [0.1, 0.15) is 5.75 Å². The van der Waals surface area contributed by atoms with Crippen molar-refractivity contribution in [2.24, 2.45) is 0 Å². The maximum Gasteiger partial charge on any atom is 0.337 e. The summed E-state index contributed by atoms with van der Waals surface area (Å²) in [6.45, 7) is 0. The van der Waals surface area contributed by atoms with E-state index < -0.39 is 12.1 Å². The largest absolute Gasteiger partial charge is 0.508 e. The van der Waals surface area contributed by atoms with E-state index >= 15 is 0 Å². The van der Waals surface area contributed by atoms with Gasteiger partial charge in [0.25, 0.3) is 0 Å². The predicted octanol–water partition coefficient (Wildman–Crippen LogP) is 1.39. The first-order valence-electron chi connectivity index (χ1n) is 5.35. The first kappa shape index (κ1) is 11.0. The van der Waals surface area contributed by atoms with Crippen LogP contribution in [0, 0.1) is 0 Å². The molecule has 1 aliphatic carbocycles. The average molecular weight is 222 g/mol. The van der Waals surface area contributed by atoms with E-state index in [0.717, 1.165) is 36.8 Å². The summed E-state index contributed by atoms with van der Waals surface area (Å²) >= 11 is 0. The Hall–Kier alpha value is -1.55. The fraction of sp³-hybridized carbons (Fsp3) is 0.417. The van der Waals surface area contributed by atoms with Crippen molar-refractivity contribution in [3.8, 4) is 5.75 Å². The molecule has 3 N–H and O–H groups in total. The van der Waals surface area contributed by atoms with Crippen molar-refractivity contribution in [1.82, 2.24) is 0 Å². The maximum atomic E-state index is 10.8. The lowest BCUT2D eigenvalue weighted by molar-refractivity contribution is -0.147. The molecule has 0 bridgehead atoms. The van der Waals surface area contributed by atoms with Crippen LogP contribution in [0.1, 0.15) is 35.6 Å². The third-order valence-corrected chi connectivity index (χ3v) is 3.07. The zero-order chi connectivity index (χ0) is 11.7. The molecule has 1 atom stereocenters. The Morgan fingerprint density at radius 2 is 1.81 bits per heavy atom. The minimum Gasteiger partial charge on any atom is -0.508 e. The molecule has 1 aromatic carbocycles. The van der Waals surface area contributed by atoms with Crippen molar-refractivity contribution in [3.63, 3.8) is 0 Å². The zero-order valence-corrected chi connectivity index (χ0v) is 8.81. The summed E-state index contributed by atoms with van der Waals surface area (Å²) in [5.74, 6) is -1.05. The second kappa shape index (κ2) is 4.14. The minimum absolute atomic E-state index is 0.205. The van der Waals surface area contributed by atoms with Gasteiger partial charge in [-0.2, -0.15) is 0 Å². The highest BCUT2D eigenvalue weighted by Crippen LogP contribution is 2.34. The van der Waals surface area contributed by atoms with Crippen LogP contribution in [0.15, 0.2) is 12.1 Å². The van der Waals surface area contributed by atoms with Crippen molar-refractivity contribution in [1.29, 1.82) is 0 Å². The number of fused-ring (bicyclic) bond motifs is 1. The van der Waals surface area contributed by atoms with Gasteiger partial charge in [-0.15, -0.1) is 0 Å². The normalized spacial score (nSPS) is 16.6. The molecule has 0 aromatic heterocycles. The summed E-state index contributed by atoms with van der Waals surface area (Å²) in [6.07, 6.45) is 1.95. The lowest BCUT2D eigenvalue weighted by Crippen LogP contribution is -2.15. The molecule has 0 heterocycles. The smallest absolute Gasteiger partial charge is 0.337 e. The summed E-state index contributed by atoms with van der Waals surface area (Å²) in [4.78, 5) is 10.8. The number of aliphatic hydroxyl groups is 1. The van der Waals surface area contributed by atoms with Crippen LogP contribution in [0.2, 0.25) is 0 Å². The molecule has 0 saturated heterocycles. The Bertz CT molecular complexity index is 425. The number of rotatable bonds is 2. The molecule has 0 amide bonds. The van der Waals surface area contributed by atoms with Crippen LogP contribution < -0.4 is 0 Å². The van der Waals surface area contributed by atoms with Gasteiger partial charge in [0.05, 0.1) is 0 Å². The average Bonchev–Trinajstić information content (AvgIpc) is 2.29. The van der Waals surface area contributed by atoms with Crippen LogP contribution in [0.25, 0.3) is 0 Å². The topological polar surface area (TPSA) is 77.8 Å². The molecule has 2 rings (SSSR count). The van der Waals surface area contributed by atoms with Gasteiger partial charge in [-0.25, -0.2) is 4.79 Å². The van der Waals surface area contributed by atoms with E-state index in [1.807, 2.05) is 0 Å². The van der Waals surface area contributed by atoms with E-state index in [9.17, 15) is 15.0 Å². The second-order valence-corrected chi connectivity index (χ2v) is 4.08. The van der Waals surface area contributed by atoms with Crippen LogP contribution in [-0.4, -0.2) is 21.3 Å². The highest BCUT2D eigenvalue weighted by atomic mass is 16.4. The third-order valence-electron chi connectivity index (χ3n) is 3.07. The van der Waals surface area contributed by atoms with E-state index in [-0.39, 0.29) is 5.75 Å². The summed E-state index contributed by atoms with van der Waals surface area (Å²) in [5, 5.41) is 28.0. The number of aromatic hydroxyl groups is 1. The fourth-order valence-electron chi connectivity index (χ4n) is 2.27. The number of aliphatic hydroxyl groups excluding tert-OH is 1. The Kier molecular flexibility index (Phi) is 2.83. The SMILES string of the molecule is O=C(O)C(O)c1ccc(O)c2c1CCCC2. The molecule has 16 heavy (non-hydrogen) atoms. The van der Waals surface area contributed by atoms with Gasteiger partial charge in [0, 0.05) is 0 Å². The number of phenolic OH excluding ortho intramolecular Hbond substituents is 1. The summed E-state index contributed by atoms with van der Waals surface area (Å²) in [7, 11) is 0. The first-order valence-corrected chi connectivity index (χ1v) is 5.35. The second-order valence-electron chi connectivity index (χ2n) is 4.08. The maximum absolute atomic E-state index is 10.8. The van der Waals surface area contributed by atoms with Gasteiger partial charge in [-0.1, -0.05) is 6.07 Å². The van der Waals surface area contributed by atoms with E-state index in [1.165, 1.54) is 12.1 Å². The van der Waals surface area contributed by atoms with E-state index in [2.05, 4.69) is 0 Å². The molecule has 0 radical (unpaired) electrons. The van der Waals surface area contributed by atoms with Gasteiger partial charge in [0.15, 0.2) is 6.10 Å². The number of carboxylic acids is 1. The number of aliphatic carboxylic acids is 1. The van der Waals surface area contributed by atoms with Crippen LogP contribution in [0.3, 0.4) is 0 Å². The first-order chi connectivity index (χ1) is 7.61. The van der Waals surface area contributed by atoms with Crippen molar-refractivity contribution >= 4 is 5.97 Å². The van der Waals surface area contributed by atoms with Gasteiger partial charge >= 0.3 is 5.97 Å². The molecule has 86 valence electrons. The van der Waals surface area contributed by atoms with E-state index in [4.69, 9.17) is 5.11 Å². The van der Waals surface area contributed by atoms with Crippen LogP contribution in [0.4, 0.5) is 0 Å². The van der Waals surface area contributed by atoms with Crippen molar-refractivity contribution in [2.45, 2.75) is 31.8 Å². The van der Waals surface area contributed by atoms with Gasteiger partial charge in [-0.05, 0) is 48.4 Å². The molecule has 0 saturated carbocycles. The molecule has 1 unspecified atom stereocenters. The number of phenols is 1. The number of carbonyl (C=O) groups is 1. The third kappa shape index (κ3) is 1.76. The Morgan fingerprint density at radius 3 is 2.44 bits per heavy atom.